The van der Waals surface area contributed by atoms with Gasteiger partial charge in [-0.05, 0) is 32.1 Å². The van der Waals surface area contributed by atoms with Gasteiger partial charge in [-0.2, -0.15) is 0 Å². The summed E-state index contributed by atoms with van der Waals surface area (Å²) in [6.45, 7) is 16.2. The molecule has 0 bridgehead atoms. The summed E-state index contributed by atoms with van der Waals surface area (Å²) >= 11 is 0. The minimum atomic E-state index is -0.173. The minimum Gasteiger partial charge on any atom is -0.375 e. The van der Waals surface area contributed by atoms with Crippen LogP contribution in [0.2, 0.25) is 0 Å². The second-order valence-corrected chi connectivity index (χ2v) is 7.07. The lowest BCUT2D eigenvalue weighted by Crippen LogP contribution is -2.35. The van der Waals surface area contributed by atoms with Crippen LogP contribution in [0.1, 0.15) is 67.7 Å². The molecule has 0 unspecified atom stereocenters. The van der Waals surface area contributed by atoms with Crippen molar-refractivity contribution in [1.82, 2.24) is 5.32 Å². The van der Waals surface area contributed by atoms with Crippen LogP contribution in [0.5, 0.6) is 0 Å². The van der Waals surface area contributed by atoms with Gasteiger partial charge < -0.3 is 10.1 Å². The van der Waals surface area contributed by atoms with Crippen molar-refractivity contribution in [3.05, 3.63) is 0 Å². The van der Waals surface area contributed by atoms with E-state index in [1.54, 1.807) is 0 Å². The van der Waals surface area contributed by atoms with E-state index in [4.69, 9.17) is 4.74 Å². The van der Waals surface area contributed by atoms with Gasteiger partial charge in [-0.3, -0.25) is 4.79 Å². The third-order valence-electron chi connectivity index (χ3n) is 3.78. The Kier molecular flexibility index (Phi) is 7.65. The van der Waals surface area contributed by atoms with Crippen LogP contribution in [-0.2, 0) is 9.53 Å². The Bertz CT molecular complexity index is 270. The first-order chi connectivity index (χ1) is 8.59. The van der Waals surface area contributed by atoms with E-state index in [2.05, 4.69) is 39.9 Å². The van der Waals surface area contributed by atoms with Crippen molar-refractivity contribution in [1.29, 1.82) is 0 Å². The number of hydrogen-bond donors (Lipinski definition) is 1. The van der Waals surface area contributed by atoms with E-state index in [0.717, 1.165) is 19.4 Å². The topological polar surface area (TPSA) is 38.3 Å². The summed E-state index contributed by atoms with van der Waals surface area (Å²) in [4.78, 5) is 11.5. The van der Waals surface area contributed by atoms with Gasteiger partial charge in [0.05, 0.1) is 5.60 Å². The molecule has 0 aliphatic carbocycles. The molecule has 0 atom stereocenters. The first-order valence-electron chi connectivity index (χ1n) is 7.51. The SMILES string of the molecule is CCC(C)(C)CCOC(C)(C)CCNC(=O)C(C)C. The molecule has 0 saturated carbocycles. The van der Waals surface area contributed by atoms with Crippen molar-refractivity contribution >= 4 is 5.91 Å². The van der Waals surface area contributed by atoms with Crippen LogP contribution in [0.15, 0.2) is 0 Å². The number of carbonyl (C=O) groups is 1. The van der Waals surface area contributed by atoms with Gasteiger partial charge in [-0.15, -0.1) is 0 Å². The first-order valence-corrected chi connectivity index (χ1v) is 7.51. The van der Waals surface area contributed by atoms with E-state index >= 15 is 0 Å². The van der Waals surface area contributed by atoms with Crippen LogP contribution < -0.4 is 5.32 Å². The van der Waals surface area contributed by atoms with E-state index < -0.39 is 0 Å². The summed E-state index contributed by atoms with van der Waals surface area (Å²) in [5, 5.41) is 2.94. The summed E-state index contributed by atoms with van der Waals surface area (Å²) < 4.78 is 5.96. The lowest BCUT2D eigenvalue weighted by atomic mass is 9.87. The predicted octanol–water partition coefficient (Wildman–Crippen LogP) is 3.77. The number of rotatable bonds is 9. The molecule has 1 N–H and O–H groups in total. The van der Waals surface area contributed by atoms with Gasteiger partial charge in [-0.25, -0.2) is 0 Å². The predicted molar refractivity (Wildman–Crippen MR) is 81.2 cm³/mol. The molecule has 0 aromatic carbocycles. The Balaban J connectivity index is 3.89. The van der Waals surface area contributed by atoms with Gasteiger partial charge in [0.1, 0.15) is 0 Å². The Morgan fingerprint density at radius 1 is 1.16 bits per heavy atom. The zero-order valence-corrected chi connectivity index (χ0v) is 13.9. The summed E-state index contributed by atoms with van der Waals surface area (Å²) in [6, 6.07) is 0. The Morgan fingerprint density at radius 2 is 1.74 bits per heavy atom. The molecule has 0 aromatic heterocycles. The molecule has 3 nitrogen and oxygen atoms in total. The fraction of sp³-hybridized carbons (Fsp3) is 0.938. The second kappa shape index (κ2) is 7.88. The highest BCUT2D eigenvalue weighted by Crippen LogP contribution is 2.25. The van der Waals surface area contributed by atoms with Gasteiger partial charge in [0.25, 0.3) is 0 Å². The average molecular weight is 271 g/mol. The molecule has 0 radical (unpaired) electrons. The van der Waals surface area contributed by atoms with Crippen molar-refractivity contribution in [2.24, 2.45) is 11.3 Å². The monoisotopic (exact) mass is 271 g/mol. The van der Waals surface area contributed by atoms with Crippen molar-refractivity contribution in [2.45, 2.75) is 73.3 Å². The van der Waals surface area contributed by atoms with E-state index in [1.807, 2.05) is 13.8 Å². The molecule has 0 aliphatic rings. The maximum atomic E-state index is 11.5. The van der Waals surface area contributed by atoms with Crippen molar-refractivity contribution in [3.8, 4) is 0 Å². The number of hydrogen-bond acceptors (Lipinski definition) is 2. The maximum Gasteiger partial charge on any atom is 0.222 e. The zero-order valence-electron chi connectivity index (χ0n) is 13.9. The van der Waals surface area contributed by atoms with Crippen molar-refractivity contribution < 1.29 is 9.53 Å². The number of ether oxygens (including phenoxy) is 1. The molecule has 3 heteroatoms. The van der Waals surface area contributed by atoms with Gasteiger partial charge >= 0.3 is 0 Å². The highest BCUT2D eigenvalue weighted by Gasteiger charge is 2.21. The lowest BCUT2D eigenvalue weighted by Gasteiger charge is -2.29. The van der Waals surface area contributed by atoms with Crippen LogP contribution in [0.25, 0.3) is 0 Å². The van der Waals surface area contributed by atoms with E-state index in [0.29, 0.717) is 12.0 Å². The molecule has 19 heavy (non-hydrogen) atoms. The molecule has 0 aliphatic heterocycles. The third-order valence-corrected chi connectivity index (χ3v) is 3.78. The molecule has 0 rings (SSSR count). The normalized spacial score (nSPS) is 12.8. The molecule has 0 spiro atoms. The third kappa shape index (κ3) is 9.04. The summed E-state index contributed by atoms with van der Waals surface area (Å²) in [5.74, 6) is 0.164. The standard InChI is InChI=1S/C16H33NO2/c1-8-15(4,5)10-12-19-16(6,7)9-11-17-14(18)13(2)3/h13H,8-12H2,1-7H3,(H,17,18). The molecule has 114 valence electrons. The average Bonchev–Trinajstić information content (AvgIpc) is 2.27. The summed E-state index contributed by atoms with van der Waals surface area (Å²) in [7, 11) is 0. The summed E-state index contributed by atoms with van der Waals surface area (Å²) in [6.07, 6.45) is 3.09. The van der Waals surface area contributed by atoms with Crippen LogP contribution in [0.4, 0.5) is 0 Å². The largest absolute Gasteiger partial charge is 0.375 e. The van der Waals surface area contributed by atoms with E-state index in [9.17, 15) is 4.79 Å². The van der Waals surface area contributed by atoms with Gasteiger partial charge in [-0.1, -0.05) is 41.0 Å². The fourth-order valence-electron chi connectivity index (χ4n) is 1.54. The number of carbonyl (C=O) groups excluding carboxylic acids is 1. The molecule has 1 amide bonds. The molecule has 0 heterocycles. The van der Waals surface area contributed by atoms with Crippen LogP contribution in [0.3, 0.4) is 0 Å². The highest BCUT2D eigenvalue weighted by molar-refractivity contribution is 5.77. The fourth-order valence-corrected chi connectivity index (χ4v) is 1.54. The Labute approximate surface area is 119 Å². The van der Waals surface area contributed by atoms with E-state index in [-0.39, 0.29) is 17.4 Å². The van der Waals surface area contributed by atoms with E-state index in [1.165, 1.54) is 6.42 Å². The number of amides is 1. The van der Waals surface area contributed by atoms with Gasteiger partial charge in [0.2, 0.25) is 5.91 Å². The molecule has 0 aromatic rings. The van der Waals surface area contributed by atoms with Crippen LogP contribution in [-0.4, -0.2) is 24.7 Å². The highest BCUT2D eigenvalue weighted by atomic mass is 16.5. The first kappa shape index (κ1) is 18.4. The molecule has 0 saturated heterocycles. The van der Waals surface area contributed by atoms with Gasteiger partial charge in [0.15, 0.2) is 0 Å². The van der Waals surface area contributed by atoms with Crippen LogP contribution >= 0.6 is 0 Å². The van der Waals surface area contributed by atoms with Crippen molar-refractivity contribution in [2.75, 3.05) is 13.2 Å². The Hall–Kier alpha value is -0.570. The second-order valence-electron chi connectivity index (χ2n) is 7.07. The van der Waals surface area contributed by atoms with Crippen LogP contribution in [0, 0.1) is 11.3 Å². The molecule has 0 fully saturated rings. The smallest absolute Gasteiger partial charge is 0.222 e. The quantitative estimate of drug-likeness (QED) is 0.693. The number of nitrogens with one attached hydrogen (secondary N) is 1. The van der Waals surface area contributed by atoms with Crippen molar-refractivity contribution in [3.63, 3.8) is 0 Å². The maximum absolute atomic E-state index is 11.5. The molecular formula is C16H33NO2. The zero-order chi connectivity index (χ0) is 15.1. The Morgan fingerprint density at radius 3 is 2.21 bits per heavy atom. The minimum absolute atomic E-state index is 0.0504. The lowest BCUT2D eigenvalue weighted by molar-refractivity contribution is -0.124. The van der Waals surface area contributed by atoms with Gasteiger partial charge in [0, 0.05) is 19.1 Å². The molecular weight excluding hydrogens is 238 g/mol. The summed E-state index contributed by atoms with van der Waals surface area (Å²) in [5.41, 5.74) is 0.177.